The lowest BCUT2D eigenvalue weighted by atomic mass is 9.93. The predicted molar refractivity (Wildman–Crippen MR) is 80.0 cm³/mol. The third kappa shape index (κ3) is 4.31. The van der Waals surface area contributed by atoms with E-state index in [-0.39, 0.29) is 0 Å². The van der Waals surface area contributed by atoms with Crippen LogP contribution in [0, 0.1) is 0 Å². The standard InChI is InChI=1S/C14H25NO11/c15-8(19)2-14(1-5(18)9(20)7(4-17)25-14)26-13-12(23)11(22)10(21)6(3-16)24-13/h5-7,9-13,16-18,20-23H,1-4H2,(H2,15,19)/t5-,6-,7-,9-,10+,11+,12-,13+,14+/m1/s1. The molecule has 2 aliphatic rings. The highest BCUT2D eigenvalue weighted by Gasteiger charge is 2.53. The molecular formula is C14H25NO11. The van der Waals surface area contributed by atoms with Crippen LogP contribution >= 0.6 is 0 Å². The van der Waals surface area contributed by atoms with Gasteiger partial charge in [0.15, 0.2) is 12.1 Å². The molecule has 26 heavy (non-hydrogen) atoms. The topological polar surface area (TPSA) is 212 Å². The van der Waals surface area contributed by atoms with Crippen molar-refractivity contribution in [1.82, 2.24) is 0 Å². The first kappa shape index (κ1) is 21.4. The molecule has 0 bridgehead atoms. The highest BCUT2D eigenvalue weighted by molar-refractivity contribution is 5.74. The number of carbonyl (C=O) groups excluding carboxylic acids is 1. The van der Waals surface area contributed by atoms with Gasteiger partial charge in [0.25, 0.3) is 0 Å². The number of hydrogen-bond donors (Lipinski definition) is 8. The van der Waals surface area contributed by atoms with E-state index in [0.717, 1.165) is 0 Å². The Morgan fingerprint density at radius 1 is 1.00 bits per heavy atom. The summed E-state index contributed by atoms with van der Waals surface area (Å²) in [6.45, 7) is -1.41. The van der Waals surface area contributed by atoms with E-state index in [4.69, 9.17) is 19.9 Å². The van der Waals surface area contributed by atoms with Gasteiger partial charge in [-0.15, -0.1) is 0 Å². The van der Waals surface area contributed by atoms with Crippen molar-refractivity contribution in [3.8, 4) is 0 Å². The Kier molecular flexibility index (Phi) is 6.90. The molecule has 9 atom stereocenters. The molecule has 0 radical (unpaired) electrons. The molecule has 9 N–H and O–H groups in total. The van der Waals surface area contributed by atoms with Gasteiger partial charge in [-0.2, -0.15) is 0 Å². The van der Waals surface area contributed by atoms with Crippen LogP contribution in [0.15, 0.2) is 0 Å². The summed E-state index contributed by atoms with van der Waals surface area (Å²) in [6.07, 6.45) is -13.4. The fraction of sp³-hybridized carbons (Fsp3) is 0.929. The summed E-state index contributed by atoms with van der Waals surface area (Å²) in [6, 6.07) is 0. The van der Waals surface area contributed by atoms with Crippen molar-refractivity contribution in [2.45, 2.75) is 67.6 Å². The Bertz CT molecular complexity index is 492. The first-order valence-corrected chi connectivity index (χ1v) is 8.05. The number of amides is 1. The van der Waals surface area contributed by atoms with Crippen LogP contribution < -0.4 is 5.73 Å². The predicted octanol–water partition coefficient (Wildman–Crippen LogP) is -5.12. The number of nitrogens with two attached hydrogens (primary N) is 1. The molecule has 2 aliphatic heterocycles. The summed E-state index contributed by atoms with van der Waals surface area (Å²) in [4.78, 5) is 11.4. The van der Waals surface area contributed by atoms with Gasteiger partial charge in [0.1, 0.15) is 36.6 Å². The lowest BCUT2D eigenvalue weighted by Crippen LogP contribution is -2.64. The maximum atomic E-state index is 11.4. The van der Waals surface area contributed by atoms with Gasteiger partial charge in [-0.1, -0.05) is 0 Å². The molecule has 0 spiro atoms. The van der Waals surface area contributed by atoms with Gasteiger partial charge in [0, 0.05) is 6.42 Å². The maximum Gasteiger partial charge on any atom is 0.222 e. The van der Waals surface area contributed by atoms with Gasteiger partial charge in [0.05, 0.1) is 25.7 Å². The zero-order chi connectivity index (χ0) is 19.6. The second kappa shape index (κ2) is 8.39. The summed E-state index contributed by atoms with van der Waals surface area (Å²) in [5.74, 6) is -2.89. The van der Waals surface area contributed by atoms with Crippen LogP contribution in [0.3, 0.4) is 0 Å². The number of primary amides is 1. The fourth-order valence-electron chi connectivity index (χ4n) is 3.10. The van der Waals surface area contributed by atoms with Gasteiger partial charge < -0.3 is 55.7 Å². The summed E-state index contributed by atoms with van der Waals surface area (Å²) in [7, 11) is 0. The molecule has 0 aromatic carbocycles. The smallest absolute Gasteiger partial charge is 0.222 e. The summed E-state index contributed by atoms with van der Waals surface area (Å²) >= 11 is 0. The SMILES string of the molecule is NC(=O)C[C@@]1(O[C@@H]2O[C@H](CO)[C@H](O)[C@H](O)[C@H]2O)C[C@@H](O)[C@@H](O)[C@@H](CO)O1. The van der Waals surface area contributed by atoms with Crippen molar-refractivity contribution < 1.29 is 54.8 Å². The van der Waals surface area contributed by atoms with Crippen LogP contribution in [0.5, 0.6) is 0 Å². The molecule has 2 fully saturated rings. The lowest BCUT2D eigenvalue weighted by Gasteiger charge is -2.48. The quantitative estimate of drug-likeness (QED) is 0.217. The first-order chi connectivity index (χ1) is 12.1. The number of hydrogen-bond acceptors (Lipinski definition) is 11. The van der Waals surface area contributed by atoms with E-state index in [2.05, 4.69) is 0 Å². The molecule has 2 heterocycles. The summed E-state index contributed by atoms with van der Waals surface area (Å²) < 4.78 is 16.1. The number of aliphatic hydroxyl groups is 7. The third-order valence-electron chi connectivity index (χ3n) is 4.46. The molecule has 12 heteroatoms. The molecular weight excluding hydrogens is 358 g/mol. The molecule has 0 aromatic rings. The van der Waals surface area contributed by atoms with E-state index in [0.29, 0.717) is 0 Å². The Morgan fingerprint density at radius 3 is 2.15 bits per heavy atom. The first-order valence-electron chi connectivity index (χ1n) is 8.05. The Labute approximate surface area is 148 Å². The van der Waals surface area contributed by atoms with Crippen LogP contribution in [0.2, 0.25) is 0 Å². The van der Waals surface area contributed by atoms with Crippen LogP contribution in [0.25, 0.3) is 0 Å². The van der Waals surface area contributed by atoms with E-state index in [1.807, 2.05) is 0 Å². The molecule has 152 valence electrons. The van der Waals surface area contributed by atoms with Crippen LogP contribution in [-0.4, -0.2) is 110 Å². The largest absolute Gasteiger partial charge is 0.394 e. The van der Waals surface area contributed by atoms with Crippen molar-refractivity contribution in [3.63, 3.8) is 0 Å². The average Bonchev–Trinajstić information content (AvgIpc) is 2.58. The molecule has 0 saturated carbocycles. The average molecular weight is 383 g/mol. The second-order valence-corrected chi connectivity index (χ2v) is 6.47. The number of carbonyl (C=O) groups is 1. The Hall–Kier alpha value is -0.930. The van der Waals surface area contributed by atoms with Crippen molar-refractivity contribution in [1.29, 1.82) is 0 Å². The molecule has 2 rings (SSSR count). The zero-order valence-corrected chi connectivity index (χ0v) is 13.8. The van der Waals surface area contributed by atoms with E-state index in [9.17, 15) is 40.5 Å². The molecule has 0 unspecified atom stereocenters. The molecule has 0 aromatic heterocycles. The number of ether oxygens (including phenoxy) is 3. The Balaban J connectivity index is 2.25. The summed E-state index contributed by atoms with van der Waals surface area (Å²) in [5.41, 5.74) is 5.18. The maximum absolute atomic E-state index is 11.4. The van der Waals surface area contributed by atoms with Crippen LogP contribution in [0.1, 0.15) is 12.8 Å². The van der Waals surface area contributed by atoms with Crippen molar-refractivity contribution in [2.24, 2.45) is 5.73 Å². The van der Waals surface area contributed by atoms with E-state index in [1.54, 1.807) is 0 Å². The molecule has 1 amide bonds. The number of aliphatic hydroxyl groups excluding tert-OH is 7. The van der Waals surface area contributed by atoms with E-state index >= 15 is 0 Å². The van der Waals surface area contributed by atoms with Gasteiger partial charge in [-0.25, -0.2) is 0 Å². The van der Waals surface area contributed by atoms with Crippen molar-refractivity contribution in [3.05, 3.63) is 0 Å². The summed E-state index contributed by atoms with van der Waals surface area (Å²) in [5, 5.41) is 68.0. The van der Waals surface area contributed by atoms with E-state index < -0.39 is 86.8 Å². The number of rotatable bonds is 6. The molecule has 2 saturated heterocycles. The minimum absolute atomic E-state index is 0.456. The highest BCUT2D eigenvalue weighted by Crippen LogP contribution is 2.36. The Morgan fingerprint density at radius 2 is 1.62 bits per heavy atom. The zero-order valence-electron chi connectivity index (χ0n) is 13.8. The van der Waals surface area contributed by atoms with Gasteiger partial charge in [-0.05, 0) is 0 Å². The van der Waals surface area contributed by atoms with Gasteiger partial charge in [-0.3, -0.25) is 4.79 Å². The van der Waals surface area contributed by atoms with Crippen LogP contribution in [-0.2, 0) is 19.0 Å². The second-order valence-electron chi connectivity index (χ2n) is 6.47. The highest BCUT2D eigenvalue weighted by atomic mass is 16.8. The van der Waals surface area contributed by atoms with E-state index in [1.165, 1.54) is 0 Å². The van der Waals surface area contributed by atoms with Crippen LogP contribution in [0.4, 0.5) is 0 Å². The van der Waals surface area contributed by atoms with Crippen molar-refractivity contribution in [2.75, 3.05) is 13.2 Å². The third-order valence-corrected chi connectivity index (χ3v) is 4.46. The molecule has 0 aliphatic carbocycles. The van der Waals surface area contributed by atoms with Gasteiger partial charge in [0.2, 0.25) is 5.91 Å². The van der Waals surface area contributed by atoms with Gasteiger partial charge >= 0.3 is 0 Å². The fourth-order valence-corrected chi connectivity index (χ4v) is 3.10. The van der Waals surface area contributed by atoms with Crippen molar-refractivity contribution >= 4 is 5.91 Å². The normalized spacial score (nSPS) is 46.9. The minimum atomic E-state index is -1.98. The minimum Gasteiger partial charge on any atom is -0.394 e. The monoisotopic (exact) mass is 383 g/mol. The lowest BCUT2D eigenvalue weighted by molar-refractivity contribution is -0.398. The molecule has 12 nitrogen and oxygen atoms in total.